The van der Waals surface area contributed by atoms with E-state index in [9.17, 15) is 13.6 Å². The third-order valence-corrected chi connectivity index (χ3v) is 3.31. The fourth-order valence-corrected chi connectivity index (χ4v) is 1.33. The van der Waals surface area contributed by atoms with Gasteiger partial charge >= 0.3 is 0 Å². The molecule has 0 fully saturated rings. The van der Waals surface area contributed by atoms with Gasteiger partial charge in [0.15, 0.2) is 0 Å². The summed E-state index contributed by atoms with van der Waals surface area (Å²) in [4.78, 5) is 12.1. The highest BCUT2D eigenvalue weighted by Gasteiger charge is 2.26. The standard InChI is InChI=1S/C9H16BrF2NO2/c1-6(2)8(10)9(15)13(3-4-14)5-7(11)12/h6-8,14H,3-5H2,1-2H3. The van der Waals surface area contributed by atoms with Gasteiger partial charge in [-0.1, -0.05) is 29.8 Å². The van der Waals surface area contributed by atoms with Crippen molar-refractivity contribution in [3.63, 3.8) is 0 Å². The quantitative estimate of drug-likeness (QED) is 0.752. The number of nitrogens with zero attached hydrogens (tertiary/aromatic N) is 1. The molecule has 1 unspecified atom stereocenters. The molecule has 0 saturated heterocycles. The monoisotopic (exact) mass is 287 g/mol. The highest BCUT2D eigenvalue weighted by Crippen LogP contribution is 2.15. The smallest absolute Gasteiger partial charge is 0.255 e. The number of carbonyl (C=O) groups is 1. The fourth-order valence-electron chi connectivity index (χ4n) is 1.04. The molecule has 15 heavy (non-hydrogen) atoms. The molecule has 1 atom stereocenters. The molecule has 0 bridgehead atoms. The first-order chi connectivity index (χ1) is 6.90. The van der Waals surface area contributed by atoms with Gasteiger partial charge in [-0.15, -0.1) is 0 Å². The predicted octanol–water partition coefficient (Wildman–Crippen LogP) is 1.49. The summed E-state index contributed by atoms with van der Waals surface area (Å²) >= 11 is 3.15. The number of carbonyl (C=O) groups excluding carboxylic acids is 1. The first-order valence-electron chi connectivity index (χ1n) is 4.72. The van der Waals surface area contributed by atoms with Crippen LogP contribution in [-0.4, -0.2) is 46.9 Å². The van der Waals surface area contributed by atoms with Crippen LogP contribution in [0.25, 0.3) is 0 Å². The van der Waals surface area contributed by atoms with Crippen LogP contribution in [0.3, 0.4) is 0 Å². The maximum absolute atomic E-state index is 12.1. The molecule has 0 spiro atoms. The number of hydrogen-bond acceptors (Lipinski definition) is 2. The summed E-state index contributed by atoms with van der Waals surface area (Å²) in [6, 6.07) is 0. The summed E-state index contributed by atoms with van der Waals surface area (Å²) in [5.74, 6) is -0.379. The number of hydrogen-bond donors (Lipinski definition) is 1. The number of amides is 1. The van der Waals surface area contributed by atoms with Crippen molar-refractivity contribution in [2.75, 3.05) is 19.7 Å². The molecule has 0 aliphatic rings. The molecule has 1 N–H and O–H groups in total. The van der Waals surface area contributed by atoms with E-state index < -0.39 is 23.7 Å². The SMILES string of the molecule is CC(C)C(Br)C(=O)N(CCO)CC(F)F. The zero-order valence-corrected chi connectivity index (χ0v) is 10.4. The van der Waals surface area contributed by atoms with Crippen molar-refractivity contribution in [3.05, 3.63) is 0 Å². The summed E-state index contributed by atoms with van der Waals surface area (Å²) in [6.45, 7) is 2.64. The lowest BCUT2D eigenvalue weighted by Gasteiger charge is -2.25. The molecular weight excluding hydrogens is 272 g/mol. The second kappa shape index (κ2) is 7.11. The van der Waals surface area contributed by atoms with E-state index in [2.05, 4.69) is 15.9 Å². The Bertz CT molecular complexity index is 203. The number of rotatable bonds is 6. The third kappa shape index (κ3) is 5.41. The van der Waals surface area contributed by atoms with Crippen molar-refractivity contribution in [1.29, 1.82) is 0 Å². The van der Waals surface area contributed by atoms with Crippen LogP contribution in [0.5, 0.6) is 0 Å². The third-order valence-electron chi connectivity index (χ3n) is 1.86. The second-order valence-electron chi connectivity index (χ2n) is 3.54. The van der Waals surface area contributed by atoms with Gasteiger partial charge in [-0.05, 0) is 5.92 Å². The average Bonchev–Trinajstić information content (AvgIpc) is 2.14. The minimum Gasteiger partial charge on any atom is -0.395 e. The molecule has 0 heterocycles. The Hall–Kier alpha value is -0.230. The van der Waals surface area contributed by atoms with Crippen molar-refractivity contribution in [2.24, 2.45) is 5.92 Å². The molecule has 90 valence electrons. The molecule has 0 aromatic carbocycles. The second-order valence-corrected chi connectivity index (χ2v) is 4.53. The van der Waals surface area contributed by atoms with Gasteiger partial charge in [0, 0.05) is 6.54 Å². The van der Waals surface area contributed by atoms with Crippen LogP contribution in [0.1, 0.15) is 13.8 Å². The van der Waals surface area contributed by atoms with Crippen molar-refractivity contribution in [1.82, 2.24) is 4.90 Å². The van der Waals surface area contributed by atoms with Gasteiger partial charge in [0.25, 0.3) is 6.43 Å². The van der Waals surface area contributed by atoms with E-state index in [-0.39, 0.29) is 19.1 Å². The Labute approximate surface area is 96.6 Å². The zero-order chi connectivity index (χ0) is 12.0. The molecule has 0 rings (SSSR count). The molecule has 0 aliphatic carbocycles. The molecule has 0 saturated carbocycles. The van der Waals surface area contributed by atoms with Gasteiger partial charge < -0.3 is 10.0 Å². The molecule has 6 heteroatoms. The normalized spacial score (nSPS) is 13.3. The summed E-state index contributed by atoms with van der Waals surface area (Å²) in [6.07, 6.45) is -2.58. The van der Waals surface area contributed by atoms with Crippen molar-refractivity contribution >= 4 is 21.8 Å². The van der Waals surface area contributed by atoms with Crippen LogP contribution in [0, 0.1) is 5.92 Å². The predicted molar refractivity (Wildman–Crippen MR) is 57.2 cm³/mol. The van der Waals surface area contributed by atoms with E-state index in [0.29, 0.717) is 0 Å². The summed E-state index contributed by atoms with van der Waals surface area (Å²) in [7, 11) is 0. The average molecular weight is 288 g/mol. The highest BCUT2D eigenvalue weighted by molar-refractivity contribution is 9.10. The van der Waals surface area contributed by atoms with Gasteiger partial charge in [-0.2, -0.15) is 0 Å². The first-order valence-corrected chi connectivity index (χ1v) is 5.63. The van der Waals surface area contributed by atoms with Crippen LogP contribution < -0.4 is 0 Å². The van der Waals surface area contributed by atoms with Crippen LogP contribution >= 0.6 is 15.9 Å². The topological polar surface area (TPSA) is 40.5 Å². The van der Waals surface area contributed by atoms with Gasteiger partial charge in [0.05, 0.1) is 18.0 Å². The fraction of sp³-hybridized carbons (Fsp3) is 0.889. The minimum atomic E-state index is -2.58. The van der Waals surface area contributed by atoms with Crippen LogP contribution in [0.15, 0.2) is 0 Å². The number of halogens is 3. The Kier molecular flexibility index (Phi) is 7.00. The molecule has 0 radical (unpaired) electrons. The van der Waals surface area contributed by atoms with E-state index in [1.807, 2.05) is 13.8 Å². The molecular formula is C9H16BrF2NO2. The van der Waals surface area contributed by atoms with Gasteiger partial charge in [0.1, 0.15) is 0 Å². The maximum Gasteiger partial charge on any atom is 0.255 e. The molecule has 0 aromatic rings. The van der Waals surface area contributed by atoms with Gasteiger partial charge in [0.2, 0.25) is 5.91 Å². The molecule has 0 aromatic heterocycles. The van der Waals surface area contributed by atoms with E-state index in [4.69, 9.17) is 5.11 Å². The molecule has 1 amide bonds. The van der Waals surface area contributed by atoms with Gasteiger partial charge in [-0.25, -0.2) is 8.78 Å². The Morgan fingerprint density at radius 1 is 1.47 bits per heavy atom. The lowest BCUT2D eigenvalue weighted by atomic mass is 10.1. The van der Waals surface area contributed by atoms with E-state index in [1.165, 1.54) is 0 Å². The van der Waals surface area contributed by atoms with Crippen LogP contribution in [-0.2, 0) is 4.79 Å². The minimum absolute atomic E-state index is 0.0244. The van der Waals surface area contributed by atoms with Crippen LogP contribution in [0.2, 0.25) is 0 Å². The summed E-state index contributed by atoms with van der Waals surface area (Å²) in [5.41, 5.74) is 0. The zero-order valence-electron chi connectivity index (χ0n) is 8.79. The number of alkyl halides is 3. The highest BCUT2D eigenvalue weighted by atomic mass is 79.9. The first kappa shape index (κ1) is 14.8. The van der Waals surface area contributed by atoms with Crippen molar-refractivity contribution < 1.29 is 18.7 Å². The molecule has 0 aliphatic heterocycles. The van der Waals surface area contributed by atoms with Crippen molar-refractivity contribution in [2.45, 2.75) is 25.1 Å². The maximum atomic E-state index is 12.1. The Morgan fingerprint density at radius 2 is 2.00 bits per heavy atom. The Balaban J connectivity index is 4.40. The van der Waals surface area contributed by atoms with Crippen molar-refractivity contribution in [3.8, 4) is 0 Å². The van der Waals surface area contributed by atoms with Gasteiger partial charge in [-0.3, -0.25) is 4.79 Å². The Morgan fingerprint density at radius 3 is 2.33 bits per heavy atom. The number of aliphatic hydroxyl groups excluding tert-OH is 1. The lowest BCUT2D eigenvalue weighted by Crippen LogP contribution is -2.42. The van der Waals surface area contributed by atoms with E-state index in [1.54, 1.807) is 0 Å². The summed E-state index contributed by atoms with van der Waals surface area (Å²) in [5, 5.41) is 8.66. The van der Waals surface area contributed by atoms with Crippen LogP contribution in [0.4, 0.5) is 8.78 Å². The van der Waals surface area contributed by atoms with E-state index >= 15 is 0 Å². The molecule has 3 nitrogen and oxygen atoms in total. The summed E-state index contributed by atoms with van der Waals surface area (Å²) < 4.78 is 24.3. The van der Waals surface area contributed by atoms with E-state index in [0.717, 1.165) is 4.90 Å². The number of aliphatic hydroxyl groups is 1. The largest absolute Gasteiger partial charge is 0.395 e. The lowest BCUT2D eigenvalue weighted by molar-refractivity contribution is -0.133.